The average molecular weight is 354 g/mol. The molecule has 1 aromatic rings. The Labute approximate surface area is 147 Å². The van der Waals surface area contributed by atoms with E-state index in [1.807, 2.05) is 13.8 Å². The summed E-state index contributed by atoms with van der Waals surface area (Å²) in [4.78, 5) is 26.7. The zero-order valence-corrected chi connectivity index (χ0v) is 14.8. The molecule has 24 heavy (non-hydrogen) atoms. The van der Waals surface area contributed by atoms with Gasteiger partial charge in [-0.2, -0.15) is 0 Å². The maximum Gasteiger partial charge on any atom is 0.319 e. The number of rotatable bonds is 5. The first-order valence-corrected chi connectivity index (χ1v) is 8.53. The quantitative estimate of drug-likeness (QED) is 0.855. The maximum atomic E-state index is 12.7. The number of hydrogen-bond donors (Lipinski definition) is 2. The lowest BCUT2D eigenvalue weighted by atomic mass is 10.0. The van der Waals surface area contributed by atoms with Gasteiger partial charge in [0.05, 0.1) is 13.2 Å². The van der Waals surface area contributed by atoms with Gasteiger partial charge in [-0.3, -0.25) is 4.79 Å². The Balaban J connectivity index is 1.99. The zero-order valence-electron chi connectivity index (χ0n) is 14.0. The summed E-state index contributed by atoms with van der Waals surface area (Å²) < 4.78 is 5.28. The van der Waals surface area contributed by atoms with Crippen molar-refractivity contribution >= 4 is 29.2 Å². The van der Waals surface area contributed by atoms with E-state index in [0.29, 0.717) is 43.4 Å². The van der Waals surface area contributed by atoms with Crippen molar-refractivity contribution in [1.29, 1.82) is 0 Å². The summed E-state index contributed by atoms with van der Waals surface area (Å²) >= 11 is 5.91. The highest BCUT2D eigenvalue weighted by molar-refractivity contribution is 6.30. The molecule has 132 valence electrons. The number of ether oxygens (including phenoxy) is 1. The van der Waals surface area contributed by atoms with Crippen LogP contribution in [0.25, 0.3) is 0 Å². The third-order valence-corrected chi connectivity index (χ3v) is 3.95. The van der Waals surface area contributed by atoms with Crippen molar-refractivity contribution in [2.24, 2.45) is 5.92 Å². The SMILES string of the molecule is CC(C)C[C@@H](NC(=O)Nc1cccc(Cl)c1)C(=O)N1CCOCC1. The van der Waals surface area contributed by atoms with Crippen molar-refractivity contribution in [3.8, 4) is 0 Å². The molecular formula is C17H24ClN3O3. The molecule has 3 amide bonds. The summed E-state index contributed by atoms with van der Waals surface area (Å²) in [6.45, 7) is 6.24. The van der Waals surface area contributed by atoms with E-state index in [0.717, 1.165) is 0 Å². The largest absolute Gasteiger partial charge is 0.378 e. The third-order valence-electron chi connectivity index (χ3n) is 3.72. The standard InChI is InChI=1S/C17H24ClN3O3/c1-12(2)10-15(16(22)21-6-8-24-9-7-21)20-17(23)19-14-5-3-4-13(18)11-14/h3-5,11-12,15H,6-10H2,1-2H3,(H2,19,20,23)/t15-/m1/s1. The molecule has 0 spiro atoms. The van der Waals surface area contributed by atoms with Gasteiger partial charge in [0.2, 0.25) is 5.91 Å². The predicted octanol–water partition coefficient (Wildman–Crippen LogP) is 2.74. The minimum absolute atomic E-state index is 0.0618. The number of urea groups is 1. The van der Waals surface area contributed by atoms with Gasteiger partial charge in [-0.15, -0.1) is 0 Å². The molecule has 1 atom stereocenters. The van der Waals surface area contributed by atoms with E-state index in [4.69, 9.17) is 16.3 Å². The van der Waals surface area contributed by atoms with E-state index >= 15 is 0 Å². The summed E-state index contributed by atoms with van der Waals surface area (Å²) in [6.07, 6.45) is 0.582. The molecule has 1 aromatic carbocycles. The van der Waals surface area contributed by atoms with Crippen LogP contribution in [0.1, 0.15) is 20.3 Å². The fraction of sp³-hybridized carbons (Fsp3) is 0.529. The fourth-order valence-electron chi connectivity index (χ4n) is 2.59. The van der Waals surface area contributed by atoms with Gasteiger partial charge >= 0.3 is 6.03 Å². The second-order valence-electron chi connectivity index (χ2n) is 6.23. The second-order valence-corrected chi connectivity index (χ2v) is 6.67. The lowest BCUT2D eigenvalue weighted by Gasteiger charge is -2.31. The first-order valence-electron chi connectivity index (χ1n) is 8.15. The van der Waals surface area contributed by atoms with Crippen LogP contribution < -0.4 is 10.6 Å². The lowest BCUT2D eigenvalue weighted by Crippen LogP contribution is -2.52. The highest BCUT2D eigenvalue weighted by Crippen LogP contribution is 2.15. The molecule has 0 bridgehead atoms. The molecule has 1 saturated heterocycles. The van der Waals surface area contributed by atoms with Crippen molar-refractivity contribution in [2.45, 2.75) is 26.3 Å². The smallest absolute Gasteiger partial charge is 0.319 e. The van der Waals surface area contributed by atoms with Crippen LogP contribution in [0.5, 0.6) is 0 Å². The monoisotopic (exact) mass is 353 g/mol. The van der Waals surface area contributed by atoms with E-state index in [2.05, 4.69) is 10.6 Å². The number of amides is 3. The van der Waals surface area contributed by atoms with Crippen LogP contribution in [0, 0.1) is 5.92 Å². The Morgan fingerprint density at radius 3 is 2.62 bits per heavy atom. The van der Waals surface area contributed by atoms with E-state index in [9.17, 15) is 9.59 Å². The zero-order chi connectivity index (χ0) is 17.5. The van der Waals surface area contributed by atoms with Crippen LogP contribution in [-0.2, 0) is 9.53 Å². The van der Waals surface area contributed by atoms with Gasteiger partial charge in [0.15, 0.2) is 0 Å². The van der Waals surface area contributed by atoms with Crippen LogP contribution >= 0.6 is 11.6 Å². The Kier molecular flexibility index (Phi) is 6.87. The average Bonchev–Trinajstić information content (AvgIpc) is 2.54. The Hall–Kier alpha value is -1.79. The van der Waals surface area contributed by atoms with Crippen LogP contribution in [0.3, 0.4) is 0 Å². The van der Waals surface area contributed by atoms with Crippen molar-refractivity contribution in [1.82, 2.24) is 10.2 Å². The number of halogens is 1. The molecule has 0 radical (unpaired) electrons. The highest BCUT2D eigenvalue weighted by Gasteiger charge is 2.27. The molecule has 1 heterocycles. The molecule has 1 aliphatic heterocycles. The molecule has 0 aromatic heterocycles. The topological polar surface area (TPSA) is 70.7 Å². The van der Waals surface area contributed by atoms with Crippen LogP contribution in [0.2, 0.25) is 5.02 Å². The molecule has 0 unspecified atom stereocenters. The summed E-state index contributed by atoms with van der Waals surface area (Å²) in [7, 11) is 0. The van der Waals surface area contributed by atoms with Gasteiger partial charge in [-0.25, -0.2) is 4.79 Å². The minimum atomic E-state index is -0.553. The molecule has 2 N–H and O–H groups in total. The van der Waals surface area contributed by atoms with Crippen LogP contribution in [-0.4, -0.2) is 49.2 Å². The van der Waals surface area contributed by atoms with Crippen LogP contribution in [0.15, 0.2) is 24.3 Å². The minimum Gasteiger partial charge on any atom is -0.378 e. The van der Waals surface area contributed by atoms with Gasteiger partial charge < -0.3 is 20.3 Å². The second kappa shape index (κ2) is 8.89. The first kappa shape index (κ1) is 18.5. The molecule has 0 aliphatic carbocycles. The number of anilines is 1. The highest BCUT2D eigenvalue weighted by atomic mass is 35.5. The Morgan fingerprint density at radius 1 is 1.29 bits per heavy atom. The van der Waals surface area contributed by atoms with E-state index in [-0.39, 0.29) is 11.8 Å². The molecule has 1 aliphatic rings. The number of benzene rings is 1. The summed E-state index contributed by atoms with van der Waals surface area (Å²) in [5.74, 6) is 0.222. The van der Waals surface area contributed by atoms with Gasteiger partial charge in [-0.05, 0) is 30.5 Å². The van der Waals surface area contributed by atoms with Crippen molar-refractivity contribution in [3.05, 3.63) is 29.3 Å². The van der Waals surface area contributed by atoms with Crippen molar-refractivity contribution in [3.63, 3.8) is 0 Å². The maximum absolute atomic E-state index is 12.7. The number of nitrogens with zero attached hydrogens (tertiary/aromatic N) is 1. The van der Waals surface area contributed by atoms with E-state index in [1.54, 1.807) is 29.2 Å². The molecule has 6 nitrogen and oxygen atoms in total. The van der Waals surface area contributed by atoms with E-state index < -0.39 is 12.1 Å². The summed E-state index contributed by atoms with van der Waals surface area (Å²) in [6, 6.07) is 5.91. The normalized spacial score (nSPS) is 15.9. The van der Waals surface area contributed by atoms with Gasteiger partial charge in [-0.1, -0.05) is 31.5 Å². The predicted molar refractivity (Wildman–Crippen MR) is 94.2 cm³/mol. The van der Waals surface area contributed by atoms with Gasteiger partial charge in [0.25, 0.3) is 0 Å². The molecule has 0 saturated carbocycles. The third kappa shape index (κ3) is 5.69. The lowest BCUT2D eigenvalue weighted by molar-refractivity contribution is -0.137. The fourth-order valence-corrected chi connectivity index (χ4v) is 2.78. The molecule has 1 fully saturated rings. The number of nitrogens with one attached hydrogen (secondary N) is 2. The number of morpholine rings is 1. The number of carbonyl (C=O) groups is 2. The number of carbonyl (C=O) groups excluding carboxylic acids is 2. The van der Waals surface area contributed by atoms with E-state index in [1.165, 1.54) is 0 Å². The number of hydrogen-bond acceptors (Lipinski definition) is 3. The van der Waals surface area contributed by atoms with Crippen LogP contribution in [0.4, 0.5) is 10.5 Å². The molecule has 2 rings (SSSR count). The van der Waals surface area contributed by atoms with Gasteiger partial charge in [0.1, 0.15) is 6.04 Å². The van der Waals surface area contributed by atoms with Gasteiger partial charge in [0, 0.05) is 23.8 Å². The van der Waals surface area contributed by atoms with Crippen molar-refractivity contribution in [2.75, 3.05) is 31.6 Å². The first-order chi connectivity index (χ1) is 11.5. The summed E-state index contributed by atoms with van der Waals surface area (Å²) in [5, 5.41) is 6.04. The Morgan fingerprint density at radius 2 is 2.00 bits per heavy atom. The Bertz CT molecular complexity index is 574. The van der Waals surface area contributed by atoms with Crippen molar-refractivity contribution < 1.29 is 14.3 Å². The molecule has 7 heteroatoms. The summed E-state index contributed by atoms with van der Waals surface area (Å²) in [5.41, 5.74) is 0.585. The molecular weight excluding hydrogens is 330 g/mol.